The maximum Gasteiger partial charge on any atom is 0.260 e. The summed E-state index contributed by atoms with van der Waals surface area (Å²) in [4.78, 5) is 29.4. The minimum atomic E-state index is -0.241. The monoisotopic (exact) mass is 448 g/mol. The Morgan fingerprint density at radius 2 is 1.70 bits per heavy atom. The van der Waals surface area contributed by atoms with E-state index in [1.807, 2.05) is 42.2 Å². The van der Waals surface area contributed by atoms with Gasteiger partial charge in [0.1, 0.15) is 11.6 Å². The fourth-order valence-corrected chi connectivity index (χ4v) is 4.48. The van der Waals surface area contributed by atoms with Crippen LogP contribution in [0.5, 0.6) is 5.75 Å². The van der Waals surface area contributed by atoms with Gasteiger partial charge in [0.25, 0.3) is 5.91 Å². The normalized spacial score (nSPS) is 19.0. The van der Waals surface area contributed by atoms with E-state index in [1.165, 1.54) is 19.1 Å². The van der Waals surface area contributed by atoms with Crippen LogP contribution in [0.15, 0.2) is 60.7 Å². The molecule has 0 aromatic heterocycles. The first kappa shape index (κ1) is 22.9. The Hall–Kier alpha value is -3.25. The molecule has 1 amide bonds. The molecule has 3 aromatic rings. The molecule has 0 radical (unpaired) electrons. The molecule has 0 unspecified atom stereocenters. The topological polar surface area (TPSA) is 49.9 Å². The van der Waals surface area contributed by atoms with Crippen molar-refractivity contribution < 1.29 is 18.7 Å². The van der Waals surface area contributed by atoms with Gasteiger partial charge in [-0.25, -0.2) is 4.39 Å². The third-order valence-corrected chi connectivity index (χ3v) is 6.33. The van der Waals surface area contributed by atoms with Crippen LogP contribution in [0.3, 0.4) is 0 Å². The van der Waals surface area contributed by atoms with E-state index in [0.717, 1.165) is 22.9 Å². The van der Waals surface area contributed by atoms with Crippen LogP contribution < -0.4 is 4.74 Å². The summed E-state index contributed by atoms with van der Waals surface area (Å²) in [6.45, 7) is 7.51. The van der Waals surface area contributed by atoms with E-state index in [0.29, 0.717) is 24.4 Å². The molecule has 1 aliphatic rings. The smallest absolute Gasteiger partial charge is 0.260 e. The van der Waals surface area contributed by atoms with Crippen LogP contribution in [0.1, 0.15) is 36.7 Å². The van der Waals surface area contributed by atoms with Crippen molar-refractivity contribution in [1.82, 2.24) is 9.80 Å². The average molecular weight is 449 g/mol. The maximum absolute atomic E-state index is 13.2. The van der Waals surface area contributed by atoms with Gasteiger partial charge in [-0.05, 0) is 49.9 Å². The summed E-state index contributed by atoms with van der Waals surface area (Å²) in [6.07, 6.45) is 0. The number of ether oxygens (including phenoxy) is 1. The van der Waals surface area contributed by atoms with E-state index in [4.69, 9.17) is 4.74 Å². The number of nitrogens with zero attached hydrogens (tertiary/aromatic N) is 2. The molecule has 0 aliphatic carbocycles. The standard InChI is InChI=1S/C27H29FN2O3/c1-18-15-30(19(2)14-29(18)16-21-8-11-23(28)12-9-21)26(32)17-33-27-24(20(3)31)13-10-22-6-4-5-7-25(22)27/h4-13,18-19H,14-17H2,1-3H3/t18-,19+/m0/s1. The van der Waals surface area contributed by atoms with Gasteiger partial charge in [-0.1, -0.05) is 42.5 Å². The number of Topliss-reactive ketones (excluding diaryl/α,β-unsaturated/α-hetero) is 1. The molecule has 1 fully saturated rings. The number of rotatable bonds is 6. The fraction of sp³-hybridized carbons (Fsp3) is 0.333. The summed E-state index contributed by atoms with van der Waals surface area (Å²) in [5, 5.41) is 1.78. The lowest BCUT2D eigenvalue weighted by Crippen LogP contribution is -2.58. The first-order chi connectivity index (χ1) is 15.8. The highest BCUT2D eigenvalue weighted by atomic mass is 19.1. The Morgan fingerprint density at radius 3 is 2.42 bits per heavy atom. The van der Waals surface area contributed by atoms with Gasteiger partial charge in [-0.15, -0.1) is 0 Å². The molecule has 5 nitrogen and oxygen atoms in total. The molecule has 0 saturated carbocycles. The molecule has 33 heavy (non-hydrogen) atoms. The number of benzene rings is 3. The van der Waals surface area contributed by atoms with E-state index in [9.17, 15) is 14.0 Å². The van der Waals surface area contributed by atoms with Crippen molar-refractivity contribution in [2.24, 2.45) is 0 Å². The number of fused-ring (bicyclic) bond motifs is 1. The minimum absolute atomic E-state index is 0.0116. The molecule has 0 bridgehead atoms. The van der Waals surface area contributed by atoms with Crippen molar-refractivity contribution in [2.45, 2.75) is 39.4 Å². The first-order valence-electron chi connectivity index (χ1n) is 11.3. The number of hydrogen-bond acceptors (Lipinski definition) is 4. The molecule has 172 valence electrons. The number of amides is 1. The summed E-state index contributed by atoms with van der Waals surface area (Å²) in [5.74, 6) is 0.0251. The van der Waals surface area contributed by atoms with E-state index in [-0.39, 0.29) is 36.2 Å². The van der Waals surface area contributed by atoms with E-state index >= 15 is 0 Å². The van der Waals surface area contributed by atoms with Crippen molar-refractivity contribution in [3.63, 3.8) is 0 Å². The molecule has 1 heterocycles. The number of carbonyl (C=O) groups is 2. The highest BCUT2D eigenvalue weighted by Gasteiger charge is 2.32. The number of halogens is 1. The van der Waals surface area contributed by atoms with E-state index in [1.54, 1.807) is 18.2 Å². The number of ketones is 1. The largest absolute Gasteiger partial charge is 0.482 e. The van der Waals surface area contributed by atoms with Crippen LogP contribution in [-0.4, -0.2) is 53.3 Å². The minimum Gasteiger partial charge on any atom is -0.482 e. The summed E-state index contributed by atoms with van der Waals surface area (Å²) in [7, 11) is 0. The van der Waals surface area contributed by atoms with Gasteiger partial charge in [0, 0.05) is 37.1 Å². The van der Waals surface area contributed by atoms with Crippen molar-refractivity contribution in [2.75, 3.05) is 19.7 Å². The number of piperazine rings is 1. The van der Waals surface area contributed by atoms with Crippen molar-refractivity contribution in [3.05, 3.63) is 77.6 Å². The summed E-state index contributed by atoms with van der Waals surface area (Å²) in [5.41, 5.74) is 1.53. The Labute approximate surface area is 193 Å². The molecule has 0 spiro atoms. The molecule has 3 aromatic carbocycles. The first-order valence-corrected chi connectivity index (χ1v) is 11.3. The van der Waals surface area contributed by atoms with Crippen LogP contribution in [0.2, 0.25) is 0 Å². The molecular formula is C27H29FN2O3. The van der Waals surface area contributed by atoms with E-state index in [2.05, 4.69) is 11.8 Å². The second-order valence-corrected chi connectivity index (χ2v) is 8.81. The fourth-order valence-electron chi connectivity index (χ4n) is 4.48. The van der Waals surface area contributed by atoms with Gasteiger partial charge >= 0.3 is 0 Å². The van der Waals surface area contributed by atoms with Crippen molar-refractivity contribution in [3.8, 4) is 5.75 Å². The van der Waals surface area contributed by atoms with Crippen LogP contribution >= 0.6 is 0 Å². The van der Waals surface area contributed by atoms with Crippen LogP contribution in [0, 0.1) is 5.82 Å². The lowest BCUT2D eigenvalue weighted by molar-refractivity contribution is -0.139. The molecule has 0 N–H and O–H groups in total. The molecule has 6 heteroatoms. The SMILES string of the molecule is CC(=O)c1ccc2ccccc2c1OCC(=O)N1C[C@H](C)N(Cc2ccc(F)cc2)C[C@H]1C. The lowest BCUT2D eigenvalue weighted by Gasteiger charge is -2.44. The Morgan fingerprint density at radius 1 is 0.970 bits per heavy atom. The zero-order chi connectivity index (χ0) is 23.5. The van der Waals surface area contributed by atoms with Gasteiger partial charge in [0.05, 0.1) is 5.56 Å². The van der Waals surface area contributed by atoms with Crippen LogP contribution in [0.25, 0.3) is 10.8 Å². The second kappa shape index (κ2) is 9.71. The van der Waals surface area contributed by atoms with Crippen LogP contribution in [0.4, 0.5) is 4.39 Å². The predicted octanol–water partition coefficient (Wildman–Crippen LogP) is 4.68. The number of carbonyl (C=O) groups excluding carboxylic acids is 2. The molecule has 1 aliphatic heterocycles. The van der Waals surface area contributed by atoms with Crippen molar-refractivity contribution in [1.29, 1.82) is 0 Å². The van der Waals surface area contributed by atoms with Gasteiger partial charge in [0.2, 0.25) is 0 Å². The maximum atomic E-state index is 13.2. The lowest BCUT2D eigenvalue weighted by atomic mass is 10.0. The third-order valence-electron chi connectivity index (χ3n) is 6.33. The molecule has 4 rings (SSSR count). The summed E-state index contributed by atoms with van der Waals surface area (Å²) in [6, 6.07) is 18.0. The van der Waals surface area contributed by atoms with Gasteiger partial charge in [-0.3, -0.25) is 14.5 Å². The number of hydrogen-bond donors (Lipinski definition) is 0. The predicted molar refractivity (Wildman–Crippen MR) is 127 cm³/mol. The Balaban J connectivity index is 1.44. The summed E-state index contributed by atoms with van der Waals surface area (Å²) < 4.78 is 19.2. The highest BCUT2D eigenvalue weighted by molar-refractivity contribution is 6.03. The molecular weight excluding hydrogens is 419 g/mol. The van der Waals surface area contributed by atoms with Gasteiger partial charge in [-0.2, -0.15) is 0 Å². The van der Waals surface area contributed by atoms with Gasteiger partial charge in [0.15, 0.2) is 12.4 Å². The molecule has 1 saturated heterocycles. The van der Waals surface area contributed by atoms with Crippen LogP contribution in [-0.2, 0) is 11.3 Å². The highest BCUT2D eigenvalue weighted by Crippen LogP contribution is 2.30. The molecule has 2 atom stereocenters. The average Bonchev–Trinajstić information content (AvgIpc) is 2.80. The third kappa shape index (κ3) is 5.06. The van der Waals surface area contributed by atoms with Crippen molar-refractivity contribution >= 4 is 22.5 Å². The quantitative estimate of drug-likeness (QED) is 0.514. The Kier molecular flexibility index (Phi) is 6.75. The van der Waals surface area contributed by atoms with E-state index < -0.39 is 0 Å². The second-order valence-electron chi connectivity index (χ2n) is 8.81. The zero-order valence-electron chi connectivity index (χ0n) is 19.3. The summed E-state index contributed by atoms with van der Waals surface area (Å²) >= 11 is 0. The zero-order valence-corrected chi connectivity index (χ0v) is 19.3. The van der Waals surface area contributed by atoms with Gasteiger partial charge < -0.3 is 9.64 Å². The Bertz CT molecular complexity index is 1160.